The summed E-state index contributed by atoms with van der Waals surface area (Å²) in [7, 11) is 0. The van der Waals surface area contributed by atoms with Crippen LogP contribution in [-0.4, -0.2) is 10.6 Å². The van der Waals surface area contributed by atoms with Gasteiger partial charge in [-0.2, -0.15) is 0 Å². The molecule has 1 atom stereocenters. The third-order valence-corrected chi connectivity index (χ3v) is 3.96. The topological polar surface area (TPSA) is 17.1 Å². The highest BCUT2D eigenvalue weighted by Crippen LogP contribution is 2.37. The number of carbonyl (C=O) groups excluding carboxylic acids is 1. The van der Waals surface area contributed by atoms with Crippen LogP contribution in [0.2, 0.25) is 0 Å². The lowest BCUT2D eigenvalue weighted by Gasteiger charge is -2.33. The van der Waals surface area contributed by atoms with Gasteiger partial charge in [-0.05, 0) is 18.3 Å². The van der Waals surface area contributed by atoms with Gasteiger partial charge in [-0.1, -0.05) is 29.8 Å². The number of ketones is 1. The zero-order valence-corrected chi connectivity index (χ0v) is 8.07. The molecule has 0 radical (unpaired) electrons. The first-order valence-corrected chi connectivity index (χ1v) is 4.62. The summed E-state index contributed by atoms with van der Waals surface area (Å²) >= 11 is 3.43. The van der Waals surface area contributed by atoms with Crippen LogP contribution >= 0.6 is 15.9 Å². The normalized spacial score (nSPS) is 32.3. The molecule has 1 saturated carbocycles. The maximum absolute atomic E-state index is 11.2. The standard InChI is InChI=1S/C8H13BrO/c1-8(2)5-3-4-6(10)7(8)9/h7H,3-5H2,1-2H3. The van der Waals surface area contributed by atoms with Gasteiger partial charge in [-0.25, -0.2) is 0 Å². The van der Waals surface area contributed by atoms with Gasteiger partial charge in [0.15, 0.2) is 0 Å². The molecule has 0 spiro atoms. The molecule has 1 rings (SSSR count). The van der Waals surface area contributed by atoms with E-state index in [-0.39, 0.29) is 10.2 Å². The Morgan fingerprint density at radius 2 is 2.20 bits per heavy atom. The van der Waals surface area contributed by atoms with Gasteiger partial charge >= 0.3 is 0 Å². The first-order valence-electron chi connectivity index (χ1n) is 3.71. The van der Waals surface area contributed by atoms with Gasteiger partial charge in [0.2, 0.25) is 0 Å². The van der Waals surface area contributed by atoms with Gasteiger partial charge in [0, 0.05) is 6.42 Å². The van der Waals surface area contributed by atoms with E-state index in [9.17, 15) is 4.79 Å². The molecular formula is C8H13BrO. The van der Waals surface area contributed by atoms with E-state index in [0.717, 1.165) is 19.3 Å². The van der Waals surface area contributed by atoms with E-state index in [0.29, 0.717) is 5.78 Å². The minimum Gasteiger partial charge on any atom is -0.298 e. The molecule has 58 valence electrons. The summed E-state index contributed by atoms with van der Waals surface area (Å²) in [5.41, 5.74) is 0.176. The number of Topliss-reactive ketones (excluding diaryl/α,β-unsaturated/α-hetero) is 1. The van der Waals surface area contributed by atoms with Crippen molar-refractivity contribution in [2.75, 3.05) is 0 Å². The van der Waals surface area contributed by atoms with Crippen molar-refractivity contribution in [2.24, 2.45) is 5.41 Å². The molecule has 0 aromatic carbocycles. The van der Waals surface area contributed by atoms with Crippen LogP contribution in [0.4, 0.5) is 0 Å². The maximum atomic E-state index is 11.2. The van der Waals surface area contributed by atoms with Crippen LogP contribution in [0.15, 0.2) is 0 Å². The van der Waals surface area contributed by atoms with Gasteiger partial charge < -0.3 is 0 Å². The van der Waals surface area contributed by atoms with Crippen LogP contribution in [0.1, 0.15) is 33.1 Å². The monoisotopic (exact) mass is 204 g/mol. The van der Waals surface area contributed by atoms with Gasteiger partial charge in [0.05, 0.1) is 4.83 Å². The lowest BCUT2D eigenvalue weighted by atomic mass is 9.77. The molecule has 0 aromatic heterocycles. The van der Waals surface area contributed by atoms with Crippen molar-refractivity contribution < 1.29 is 4.79 Å². The SMILES string of the molecule is CC1(C)CCCC(=O)C1Br. The van der Waals surface area contributed by atoms with Crippen molar-refractivity contribution >= 4 is 21.7 Å². The van der Waals surface area contributed by atoms with Gasteiger partial charge in [0.1, 0.15) is 5.78 Å². The predicted octanol–water partition coefficient (Wildman–Crippen LogP) is 2.53. The smallest absolute Gasteiger partial charge is 0.147 e. The van der Waals surface area contributed by atoms with Gasteiger partial charge in [0.25, 0.3) is 0 Å². The Morgan fingerprint density at radius 3 is 2.60 bits per heavy atom. The summed E-state index contributed by atoms with van der Waals surface area (Å²) in [6, 6.07) is 0. The second-order valence-electron chi connectivity index (χ2n) is 3.67. The van der Waals surface area contributed by atoms with E-state index in [1.54, 1.807) is 0 Å². The first-order chi connectivity index (χ1) is 4.54. The highest BCUT2D eigenvalue weighted by Gasteiger charge is 2.35. The van der Waals surface area contributed by atoms with Crippen molar-refractivity contribution in [3.8, 4) is 0 Å². The highest BCUT2D eigenvalue weighted by molar-refractivity contribution is 9.10. The molecule has 2 heteroatoms. The molecule has 0 aliphatic heterocycles. The van der Waals surface area contributed by atoms with Crippen molar-refractivity contribution in [3.05, 3.63) is 0 Å². The van der Waals surface area contributed by atoms with E-state index in [1.807, 2.05) is 0 Å². The summed E-state index contributed by atoms with van der Waals surface area (Å²) in [4.78, 5) is 11.3. The quantitative estimate of drug-likeness (QED) is 0.555. The summed E-state index contributed by atoms with van der Waals surface area (Å²) in [5, 5.41) is 0. The van der Waals surface area contributed by atoms with Crippen LogP contribution in [0.25, 0.3) is 0 Å². The third kappa shape index (κ3) is 1.42. The Labute approximate surface area is 70.3 Å². The predicted molar refractivity (Wildman–Crippen MR) is 45.4 cm³/mol. The van der Waals surface area contributed by atoms with E-state index < -0.39 is 0 Å². The van der Waals surface area contributed by atoms with Crippen LogP contribution in [0, 0.1) is 5.41 Å². The van der Waals surface area contributed by atoms with Gasteiger partial charge in [-0.3, -0.25) is 4.79 Å². The minimum absolute atomic E-state index is 0.0914. The number of hydrogen-bond acceptors (Lipinski definition) is 1. The van der Waals surface area contributed by atoms with Crippen molar-refractivity contribution in [1.82, 2.24) is 0 Å². The second kappa shape index (κ2) is 2.65. The fourth-order valence-corrected chi connectivity index (χ4v) is 1.87. The van der Waals surface area contributed by atoms with Crippen LogP contribution < -0.4 is 0 Å². The average Bonchev–Trinajstić information content (AvgIpc) is 1.83. The molecule has 10 heavy (non-hydrogen) atoms. The average molecular weight is 205 g/mol. The van der Waals surface area contributed by atoms with Gasteiger partial charge in [-0.15, -0.1) is 0 Å². The number of hydrogen-bond donors (Lipinski definition) is 0. The fraction of sp³-hybridized carbons (Fsp3) is 0.875. The molecule has 0 N–H and O–H groups in total. The summed E-state index contributed by atoms with van der Waals surface area (Å²) < 4.78 is 0. The molecule has 1 aliphatic rings. The molecule has 0 bridgehead atoms. The van der Waals surface area contributed by atoms with Crippen LogP contribution in [0.3, 0.4) is 0 Å². The minimum atomic E-state index is 0.0914. The number of alkyl halides is 1. The summed E-state index contributed by atoms with van der Waals surface area (Å²) in [5.74, 6) is 0.372. The molecule has 0 amide bonds. The number of carbonyl (C=O) groups is 1. The molecule has 1 nitrogen and oxygen atoms in total. The van der Waals surface area contributed by atoms with Crippen molar-refractivity contribution in [1.29, 1.82) is 0 Å². The lowest BCUT2D eigenvalue weighted by molar-refractivity contribution is -0.122. The van der Waals surface area contributed by atoms with E-state index in [1.165, 1.54) is 0 Å². The Hall–Kier alpha value is 0.150. The molecule has 1 unspecified atom stereocenters. The molecule has 0 saturated heterocycles. The number of rotatable bonds is 0. The fourth-order valence-electron chi connectivity index (χ4n) is 1.41. The maximum Gasteiger partial charge on any atom is 0.147 e. The highest BCUT2D eigenvalue weighted by atomic mass is 79.9. The van der Waals surface area contributed by atoms with Crippen LogP contribution in [-0.2, 0) is 4.79 Å². The Morgan fingerprint density at radius 1 is 1.60 bits per heavy atom. The van der Waals surface area contributed by atoms with E-state index in [2.05, 4.69) is 29.8 Å². The molecular weight excluding hydrogens is 192 g/mol. The van der Waals surface area contributed by atoms with E-state index in [4.69, 9.17) is 0 Å². The summed E-state index contributed by atoms with van der Waals surface area (Å²) in [6.45, 7) is 4.28. The van der Waals surface area contributed by atoms with E-state index >= 15 is 0 Å². The molecule has 1 fully saturated rings. The van der Waals surface area contributed by atoms with Crippen LogP contribution in [0.5, 0.6) is 0 Å². The van der Waals surface area contributed by atoms with Crippen molar-refractivity contribution in [3.63, 3.8) is 0 Å². The zero-order chi connectivity index (χ0) is 7.78. The molecule has 1 aliphatic carbocycles. The largest absolute Gasteiger partial charge is 0.298 e. The molecule has 0 heterocycles. The Balaban J connectivity index is 2.69. The Kier molecular flexibility index (Phi) is 2.18. The second-order valence-corrected chi connectivity index (χ2v) is 4.59. The van der Waals surface area contributed by atoms with Crippen molar-refractivity contribution in [2.45, 2.75) is 37.9 Å². The number of halogens is 1. The lowest BCUT2D eigenvalue weighted by Crippen LogP contribution is -2.35. The summed E-state index contributed by atoms with van der Waals surface area (Å²) in [6.07, 6.45) is 2.99. The molecule has 0 aromatic rings. The Bertz CT molecular complexity index is 151. The first kappa shape index (κ1) is 8.25. The third-order valence-electron chi connectivity index (χ3n) is 2.21. The zero-order valence-electron chi connectivity index (χ0n) is 6.48.